The zero-order valence-electron chi connectivity index (χ0n) is 8.47. The van der Waals surface area contributed by atoms with E-state index in [1.165, 1.54) is 24.1 Å². The van der Waals surface area contributed by atoms with Crippen molar-refractivity contribution in [3.05, 3.63) is 33.7 Å². The van der Waals surface area contributed by atoms with Crippen LogP contribution in [0.5, 0.6) is 0 Å². The van der Waals surface area contributed by atoms with E-state index in [4.69, 9.17) is 0 Å². The Morgan fingerprint density at radius 2 is 2.07 bits per heavy atom. The van der Waals surface area contributed by atoms with Gasteiger partial charge in [0.05, 0.1) is 6.33 Å². The normalized spacial score (nSPS) is 10.8. The highest BCUT2D eigenvalue weighted by atomic mass is 16.2. The van der Waals surface area contributed by atoms with Gasteiger partial charge < -0.3 is 4.57 Å². The maximum absolute atomic E-state index is 11.7. The van der Waals surface area contributed by atoms with Crippen molar-refractivity contribution in [1.82, 2.24) is 18.7 Å². The van der Waals surface area contributed by atoms with E-state index in [1.54, 1.807) is 11.6 Å². The average Bonchev–Trinajstić information content (AvgIpc) is 2.59. The maximum Gasteiger partial charge on any atom is 0.336 e. The van der Waals surface area contributed by atoms with Gasteiger partial charge in [-0.3, -0.25) is 13.9 Å². The van der Waals surface area contributed by atoms with E-state index in [1.807, 2.05) is 0 Å². The van der Waals surface area contributed by atoms with Gasteiger partial charge in [0.25, 0.3) is 5.56 Å². The quantitative estimate of drug-likeness (QED) is 0.634. The molecule has 0 unspecified atom stereocenters. The summed E-state index contributed by atoms with van der Waals surface area (Å²) < 4.78 is 3.92. The van der Waals surface area contributed by atoms with E-state index < -0.39 is 11.2 Å². The molecule has 0 amide bonds. The Hall–Kier alpha value is -2.11. The highest BCUT2D eigenvalue weighted by molar-refractivity contribution is 5.71. The Morgan fingerprint density at radius 3 is 2.67 bits per heavy atom. The minimum absolute atomic E-state index is 0.263. The molecule has 2 aromatic rings. The van der Waals surface area contributed by atoms with Gasteiger partial charge in [0.1, 0.15) is 0 Å². The third-order valence-corrected chi connectivity index (χ3v) is 2.32. The predicted molar refractivity (Wildman–Crippen MR) is 56.6 cm³/mol. The molecule has 6 nitrogen and oxygen atoms in total. The fraction of sp³-hybridized carbons (Fsp3) is 0.222. The summed E-state index contributed by atoms with van der Waals surface area (Å²) in [5, 5.41) is 0. The fourth-order valence-electron chi connectivity index (χ4n) is 1.52. The Labute approximate surface area is 84.7 Å². The van der Waals surface area contributed by atoms with E-state index in [0.717, 1.165) is 4.57 Å². The minimum Gasteiger partial charge on any atom is -0.319 e. The second kappa shape index (κ2) is 2.94. The van der Waals surface area contributed by atoms with Crippen LogP contribution in [0.2, 0.25) is 0 Å². The SMILES string of the molecule is C=Cn1c(=O)n(C)c(=O)c2ncn(C)c21. The summed E-state index contributed by atoms with van der Waals surface area (Å²) in [7, 11) is 3.13. The summed E-state index contributed by atoms with van der Waals surface area (Å²) in [4.78, 5) is 27.3. The lowest BCUT2D eigenvalue weighted by atomic mass is 10.5. The molecule has 15 heavy (non-hydrogen) atoms. The molecule has 0 aliphatic heterocycles. The van der Waals surface area contributed by atoms with Gasteiger partial charge in [0, 0.05) is 20.3 Å². The lowest BCUT2D eigenvalue weighted by molar-refractivity contribution is 0.753. The van der Waals surface area contributed by atoms with Crippen LogP contribution in [-0.2, 0) is 14.1 Å². The number of imidazole rings is 1. The van der Waals surface area contributed by atoms with Crippen LogP contribution in [0.4, 0.5) is 0 Å². The van der Waals surface area contributed by atoms with Crippen LogP contribution in [0.3, 0.4) is 0 Å². The van der Waals surface area contributed by atoms with Crippen LogP contribution in [0.1, 0.15) is 0 Å². The molecule has 2 rings (SSSR count). The van der Waals surface area contributed by atoms with Crippen molar-refractivity contribution in [3.63, 3.8) is 0 Å². The van der Waals surface area contributed by atoms with E-state index in [-0.39, 0.29) is 5.52 Å². The summed E-state index contributed by atoms with van der Waals surface area (Å²) in [6.45, 7) is 3.54. The number of hydrogen-bond acceptors (Lipinski definition) is 3. The van der Waals surface area contributed by atoms with Gasteiger partial charge in [-0.05, 0) is 0 Å². The fourth-order valence-corrected chi connectivity index (χ4v) is 1.52. The monoisotopic (exact) mass is 206 g/mol. The van der Waals surface area contributed by atoms with Crippen LogP contribution in [0.25, 0.3) is 17.4 Å². The standard InChI is InChI=1S/C9H10N4O2/c1-4-13-7-6(10-5-11(7)2)8(14)12(3)9(13)15/h4-5H,1H2,2-3H3. The third-order valence-electron chi connectivity index (χ3n) is 2.32. The molecule has 0 fully saturated rings. The molecule has 0 saturated heterocycles. The van der Waals surface area contributed by atoms with Crippen LogP contribution in [0.15, 0.2) is 22.5 Å². The number of nitrogens with zero attached hydrogens (tertiary/aromatic N) is 4. The van der Waals surface area contributed by atoms with Gasteiger partial charge in [-0.25, -0.2) is 9.78 Å². The number of hydrogen-bond donors (Lipinski definition) is 0. The molecule has 0 saturated carbocycles. The summed E-state index contributed by atoms with van der Waals surface area (Å²) >= 11 is 0. The molecule has 0 atom stereocenters. The van der Waals surface area contributed by atoms with E-state index >= 15 is 0 Å². The summed E-state index contributed by atoms with van der Waals surface area (Å²) in [6.07, 6.45) is 2.86. The zero-order chi connectivity index (χ0) is 11.2. The van der Waals surface area contributed by atoms with Gasteiger partial charge in [-0.2, -0.15) is 0 Å². The first-order valence-corrected chi connectivity index (χ1v) is 4.33. The van der Waals surface area contributed by atoms with Crippen molar-refractivity contribution in [2.24, 2.45) is 14.1 Å². The highest BCUT2D eigenvalue weighted by Crippen LogP contribution is 2.04. The Bertz CT molecular complexity index is 659. The Balaban J connectivity index is 3.22. The van der Waals surface area contributed by atoms with Crippen molar-refractivity contribution < 1.29 is 0 Å². The van der Waals surface area contributed by atoms with E-state index in [9.17, 15) is 9.59 Å². The van der Waals surface area contributed by atoms with Crippen molar-refractivity contribution in [2.75, 3.05) is 0 Å². The molecule has 0 bridgehead atoms. The minimum atomic E-state index is -0.425. The molecular weight excluding hydrogens is 196 g/mol. The van der Waals surface area contributed by atoms with Crippen LogP contribution < -0.4 is 11.2 Å². The van der Waals surface area contributed by atoms with E-state index in [2.05, 4.69) is 11.6 Å². The van der Waals surface area contributed by atoms with Gasteiger partial charge in [-0.15, -0.1) is 0 Å². The second-order valence-electron chi connectivity index (χ2n) is 3.23. The molecule has 78 valence electrons. The summed E-state index contributed by atoms with van der Waals surface area (Å²) in [5.41, 5.74) is -0.0996. The first-order valence-electron chi connectivity index (χ1n) is 4.33. The first kappa shape index (κ1) is 9.45. The third kappa shape index (κ3) is 1.08. The second-order valence-corrected chi connectivity index (χ2v) is 3.23. The zero-order valence-corrected chi connectivity index (χ0v) is 8.47. The van der Waals surface area contributed by atoms with Gasteiger partial charge in [0.2, 0.25) is 0 Å². The smallest absolute Gasteiger partial charge is 0.319 e. The lowest BCUT2D eigenvalue weighted by Crippen LogP contribution is -2.36. The number of fused-ring (bicyclic) bond motifs is 1. The predicted octanol–water partition coefficient (Wildman–Crippen LogP) is -0.466. The molecule has 0 N–H and O–H groups in total. The van der Waals surface area contributed by atoms with Gasteiger partial charge in [0.15, 0.2) is 11.2 Å². The van der Waals surface area contributed by atoms with Crippen molar-refractivity contribution in [1.29, 1.82) is 0 Å². The largest absolute Gasteiger partial charge is 0.336 e. The Kier molecular flexibility index (Phi) is 1.85. The average molecular weight is 206 g/mol. The molecule has 2 aromatic heterocycles. The number of rotatable bonds is 1. The molecule has 0 radical (unpaired) electrons. The van der Waals surface area contributed by atoms with Gasteiger partial charge in [-0.1, -0.05) is 6.58 Å². The summed E-state index contributed by atoms with van der Waals surface area (Å²) in [6, 6.07) is 0. The van der Waals surface area contributed by atoms with E-state index in [0.29, 0.717) is 5.65 Å². The van der Waals surface area contributed by atoms with Gasteiger partial charge >= 0.3 is 5.69 Å². The van der Waals surface area contributed by atoms with Crippen molar-refractivity contribution >= 4 is 17.4 Å². The van der Waals surface area contributed by atoms with Crippen LogP contribution >= 0.6 is 0 Å². The number of aryl methyl sites for hydroxylation is 1. The molecule has 6 heteroatoms. The molecule has 2 heterocycles. The summed E-state index contributed by atoms with van der Waals surface area (Å²) in [5.74, 6) is 0. The first-order chi connectivity index (χ1) is 7.07. The van der Waals surface area contributed by atoms with Crippen molar-refractivity contribution in [3.8, 4) is 0 Å². The Morgan fingerprint density at radius 1 is 1.40 bits per heavy atom. The lowest BCUT2D eigenvalue weighted by Gasteiger charge is -2.04. The molecular formula is C9H10N4O2. The topological polar surface area (TPSA) is 61.8 Å². The molecule has 0 aliphatic rings. The van der Waals surface area contributed by atoms with Crippen molar-refractivity contribution in [2.45, 2.75) is 0 Å². The molecule has 0 aromatic carbocycles. The molecule has 0 spiro atoms. The number of aromatic nitrogens is 4. The van der Waals surface area contributed by atoms with Crippen LogP contribution in [-0.4, -0.2) is 18.7 Å². The highest BCUT2D eigenvalue weighted by Gasteiger charge is 2.12. The van der Waals surface area contributed by atoms with Crippen LogP contribution in [0, 0.1) is 0 Å². The maximum atomic E-state index is 11.7. The molecule has 0 aliphatic carbocycles.